The van der Waals surface area contributed by atoms with E-state index in [0.29, 0.717) is 5.04 Å². The molecule has 0 rings (SSSR count). The van der Waals surface area contributed by atoms with Crippen LogP contribution in [0.2, 0.25) is 18.1 Å². The van der Waals surface area contributed by atoms with Crippen LogP contribution in [0.1, 0.15) is 118 Å². The standard InChI is InChI=1S/C24H50O3Si/c1-8-9-16-19-23(27-22(2)25)20-17-14-12-10-11-13-15-18-21-26-28(6,7)24(3,4)5/h23H,8-21H2,1-7H3/t23-/m0/s1. The summed E-state index contributed by atoms with van der Waals surface area (Å²) in [5.74, 6) is -0.126. The minimum atomic E-state index is -1.56. The van der Waals surface area contributed by atoms with E-state index in [1.54, 1.807) is 0 Å². The topological polar surface area (TPSA) is 35.5 Å². The predicted molar refractivity (Wildman–Crippen MR) is 124 cm³/mol. The van der Waals surface area contributed by atoms with E-state index >= 15 is 0 Å². The van der Waals surface area contributed by atoms with Crippen molar-refractivity contribution in [2.45, 2.75) is 142 Å². The van der Waals surface area contributed by atoms with Gasteiger partial charge < -0.3 is 9.16 Å². The molecule has 0 aliphatic heterocycles. The number of hydrogen-bond acceptors (Lipinski definition) is 3. The van der Waals surface area contributed by atoms with E-state index < -0.39 is 8.32 Å². The van der Waals surface area contributed by atoms with Crippen LogP contribution in [-0.2, 0) is 14.0 Å². The Balaban J connectivity index is 3.61. The molecule has 3 nitrogen and oxygen atoms in total. The third-order valence-electron chi connectivity index (χ3n) is 6.15. The highest BCUT2D eigenvalue weighted by Gasteiger charge is 2.36. The van der Waals surface area contributed by atoms with Crippen LogP contribution < -0.4 is 0 Å². The third kappa shape index (κ3) is 14.6. The predicted octanol–water partition coefficient (Wildman–Crippen LogP) is 8.03. The molecule has 0 spiro atoms. The summed E-state index contributed by atoms with van der Waals surface area (Å²) in [4.78, 5) is 11.2. The Hall–Kier alpha value is -0.353. The van der Waals surface area contributed by atoms with E-state index in [1.165, 1.54) is 77.6 Å². The van der Waals surface area contributed by atoms with Crippen LogP contribution in [0.5, 0.6) is 0 Å². The Morgan fingerprint density at radius 2 is 1.29 bits per heavy atom. The van der Waals surface area contributed by atoms with Gasteiger partial charge in [-0.15, -0.1) is 0 Å². The van der Waals surface area contributed by atoms with Crippen molar-refractivity contribution in [1.29, 1.82) is 0 Å². The summed E-state index contributed by atoms with van der Waals surface area (Å²) in [6.07, 6.45) is 16.1. The molecule has 0 fully saturated rings. The first-order valence-electron chi connectivity index (χ1n) is 11.9. The van der Waals surface area contributed by atoms with Crippen molar-refractivity contribution in [3.63, 3.8) is 0 Å². The molecule has 28 heavy (non-hydrogen) atoms. The summed E-state index contributed by atoms with van der Waals surface area (Å²) in [6, 6.07) is 0. The fourth-order valence-electron chi connectivity index (χ4n) is 3.20. The van der Waals surface area contributed by atoms with Crippen molar-refractivity contribution < 1.29 is 14.0 Å². The molecule has 0 aromatic heterocycles. The first-order valence-corrected chi connectivity index (χ1v) is 14.8. The van der Waals surface area contributed by atoms with E-state index in [4.69, 9.17) is 9.16 Å². The Labute approximate surface area is 177 Å². The van der Waals surface area contributed by atoms with E-state index in [-0.39, 0.29) is 12.1 Å². The van der Waals surface area contributed by atoms with Gasteiger partial charge in [-0.2, -0.15) is 0 Å². The Morgan fingerprint density at radius 1 is 0.821 bits per heavy atom. The van der Waals surface area contributed by atoms with E-state index in [0.717, 1.165) is 19.4 Å². The molecule has 0 aliphatic carbocycles. The minimum absolute atomic E-state index is 0.126. The van der Waals surface area contributed by atoms with Crippen molar-refractivity contribution in [3.8, 4) is 0 Å². The summed E-state index contributed by atoms with van der Waals surface area (Å²) in [5.41, 5.74) is 0. The number of unbranched alkanes of at least 4 members (excludes halogenated alkanes) is 9. The van der Waals surface area contributed by atoms with Crippen molar-refractivity contribution in [1.82, 2.24) is 0 Å². The molecule has 0 N–H and O–H groups in total. The lowest BCUT2D eigenvalue weighted by atomic mass is 10.0. The summed E-state index contributed by atoms with van der Waals surface area (Å²) < 4.78 is 11.7. The maximum atomic E-state index is 11.2. The van der Waals surface area contributed by atoms with Gasteiger partial charge in [-0.3, -0.25) is 4.79 Å². The molecule has 0 heterocycles. The second kappa shape index (κ2) is 15.5. The quantitative estimate of drug-likeness (QED) is 0.137. The highest BCUT2D eigenvalue weighted by molar-refractivity contribution is 6.74. The first-order chi connectivity index (χ1) is 13.1. The molecular formula is C24H50O3Si. The van der Waals surface area contributed by atoms with Crippen LogP contribution in [0, 0.1) is 0 Å². The smallest absolute Gasteiger partial charge is 0.302 e. The van der Waals surface area contributed by atoms with Gasteiger partial charge in [-0.25, -0.2) is 0 Å². The van der Waals surface area contributed by atoms with E-state index in [1.807, 2.05) is 0 Å². The first kappa shape index (κ1) is 27.6. The molecule has 0 unspecified atom stereocenters. The number of carbonyl (C=O) groups is 1. The fourth-order valence-corrected chi connectivity index (χ4v) is 4.29. The van der Waals surface area contributed by atoms with Crippen LogP contribution in [0.25, 0.3) is 0 Å². The average Bonchev–Trinajstić information content (AvgIpc) is 2.58. The highest BCUT2D eigenvalue weighted by Crippen LogP contribution is 2.36. The van der Waals surface area contributed by atoms with Gasteiger partial charge in [0.1, 0.15) is 6.10 Å². The lowest BCUT2D eigenvalue weighted by Crippen LogP contribution is -2.40. The molecule has 0 amide bonds. The number of rotatable bonds is 17. The highest BCUT2D eigenvalue weighted by atomic mass is 28.4. The summed E-state index contributed by atoms with van der Waals surface area (Å²) >= 11 is 0. The van der Waals surface area contributed by atoms with Gasteiger partial charge in [0.15, 0.2) is 8.32 Å². The van der Waals surface area contributed by atoms with Gasteiger partial charge in [0.2, 0.25) is 0 Å². The average molecular weight is 415 g/mol. The minimum Gasteiger partial charge on any atom is -0.463 e. The largest absolute Gasteiger partial charge is 0.463 e. The molecule has 4 heteroatoms. The maximum Gasteiger partial charge on any atom is 0.302 e. The molecule has 0 saturated carbocycles. The molecule has 1 atom stereocenters. The normalized spacial score (nSPS) is 13.5. The van der Waals surface area contributed by atoms with Gasteiger partial charge in [-0.1, -0.05) is 79.1 Å². The number of ether oxygens (including phenoxy) is 1. The number of carbonyl (C=O) groups excluding carboxylic acids is 1. The van der Waals surface area contributed by atoms with Gasteiger partial charge in [0.25, 0.3) is 0 Å². The molecule has 0 aromatic rings. The molecule has 0 aliphatic rings. The Bertz CT molecular complexity index is 388. The van der Waals surface area contributed by atoms with E-state index in [9.17, 15) is 4.79 Å². The van der Waals surface area contributed by atoms with Crippen LogP contribution >= 0.6 is 0 Å². The maximum absolute atomic E-state index is 11.2. The number of esters is 1. The zero-order valence-corrected chi connectivity index (χ0v) is 21.2. The monoisotopic (exact) mass is 414 g/mol. The van der Waals surface area contributed by atoms with Gasteiger partial charge in [-0.05, 0) is 50.2 Å². The van der Waals surface area contributed by atoms with E-state index in [2.05, 4.69) is 40.8 Å². The SMILES string of the molecule is CCCCC[C@@H](CCCCCCCCCCO[Si](C)(C)C(C)(C)C)OC(C)=O. The van der Waals surface area contributed by atoms with Gasteiger partial charge >= 0.3 is 5.97 Å². The molecule has 0 radical (unpaired) electrons. The molecular weight excluding hydrogens is 364 g/mol. The Morgan fingerprint density at radius 3 is 1.75 bits per heavy atom. The molecule has 0 aromatic carbocycles. The Kier molecular flexibility index (Phi) is 15.3. The summed E-state index contributed by atoms with van der Waals surface area (Å²) in [5, 5.41) is 0.317. The fraction of sp³-hybridized carbons (Fsp3) is 0.958. The van der Waals surface area contributed by atoms with Crippen molar-refractivity contribution >= 4 is 14.3 Å². The summed E-state index contributed by atoms with van der Waals surface area (Å²) in [6.45, 7) is 16.3. The van der Waals surface area contributed by atoms with Crippen LogP contribution in [0.4, 0.5) is 0 Å². The zero-order chi connectivity index (χ0) is 21.5. The van der Waals surface area contributed by atoms with Crippen molar-refractivity contribution in [3.05, 3.63) is 0 Å². The number of hydrogen-bond donors (Lipinski definition) is 0. The molecule has 0 bridgehead atoms. The van der Waals surface area contributed by atoms with Crippen molar-refractivity contribution in [2.75, 3.05) is 6.61 Å². The summed E-state index contributed by atoms with van der Waals surface area (Å²) in [7, 11) is -1.56. The van der Waals surface area contributed by atoms with Crippen LogP contribution in [-0.4, -0.2) is 27.0 Å². The zero-order valence-electron chi connectivity index (χ0n) is 20.2. The lowest BCUT2D eigenvalue weighted by molar-refractivity contribution is -0.147. The van der Waals surface area contributed by atoms with Crippen LogP contribution in [0.15, 0.2) is 0 Å². The van der Waals surface area contributed by atoms with Gasteiger partial charge in [0, 0.05) is 13.5 Å². The van der Waals surface area contributed by atoms with Gasteiger partial charge in [0.05, 0.1) is 0 Å². The second-order valence-corrected chi connectivity index (χ2v) is 14.8. The second-order valence-electron chi connectivity index (χ2n) is 9.95. The molecule has 168 valence electrons. The lowest BCUT2D eigenvalue weighted by Gasteiger charge is -2.36. The third-order valence-corrected chi connectivity index (χ3v) is 10.7. The van der Waals surface area contributed by atoms with Crippen LogP contribution in [0.3, 0.4) is 0 Å². The molecule has 0 saturated heterocycles. The van der Waals surface area contributed by atoms with Crippen molar-refractivity contribution in [2.24, 2.45) is 0 Å².